The number of likely N-dealkylation sites (N-methyl/N-ethyl adjacent to an activating group) is 1. The van der Waals surface area contributed by atoms with Crippen LogP contribution in [0.25, 0.3) is 0 Å². The summed E-state index contributed by atoms with van der Waals surface area (Å²) in [6, 6.07) is 1.49. The smallest absolute Gasteiger partial charge is 0.280 e. The Bertz CT molecular complexity index is 487. The first-order valence-corrected chi connectivity index (χ1v) is 6.69. The number of rotatable bonds is 4. The predicted molar refractivity (Wildman–Crippen MR) is 70.7 cm³/mol. The van der Waals surface area contributed by atoms with E-state index >= 15 is 0 Å². The number of aryl methyl sites for hydroxylation is 1. The summed E-state index contributed by atoms with van der Waals surface area (Å²) in [6.07, 6.45) is 0.360. The Balaban J connectivity index is 2.07. The third-order valence-electron chi connectivity index (χ3n) is 3.83. The number of carbonyl (C=O) groups excluding carboxylic acids is 1. The second kappa shape index (κ2) is 5.87. The number of hydrogen-bond acceptors (Lipinski definition) is 3. The SMILES string of the molecule is CN(C)[C@@H]1CCC[C@H]1NC(=O)c1cc(C(F)F)n(C)n1. The van der Waals surface area contributed by atoms with Gasteiger partial charge in [0, 0.05) is 19.1 Å². The lowest BCUT2D eigenvalue weighted by atomic mass is 10.1. The van der Waals surface area contributed by atoms with Crippen LogP contribution in [0.15, 0.2) is 6.07 Å². The fraction of sp³-hybridized carbons (Fsp3) is 0.692. The molecule has 1 fully saturated rings. The summed E-state index contributed by atoms with van der Waals surface area (Å²) in [4.78, 5) is 14.2. The zero-order valence-corrected chi connectivity index (χ0v) is 11.9. The first-order chi connectivity index (χ1) is 9.40. The van der Waals surface area contributed by atoms with Crippen LogP contribution in [0.3, 0.4) is 0 Å². The number of amides is 1. The topological polar surface area (TPSA) is 50.2 Å². The minimum atomic E-state index is -2.63. The maximum Gasteiger partial charge on any atom is 0.280 e. The number of hydrogen-bond donors (Lipinski definition) is 1. The van der Waals surface area contributed by atoms with Crippen LogP contribution < -0.4 is 5.32 Å². The van der Waals surface area contributed by atoms with Gasteiger partial charge < -0.3 is 10.2 Å². The summed E-state index contributed by atoms with van der Waals surface area (Å²) in [5, 5.41) is 6.76. The largest absolute Gasteiger partial charge is 0.346 e. The van der Waals surface area contributed by atoms with E-state index in [-0.39, 0.29) is 29.4 Å². The van der Waals surface area contributed by atoms with Gasteiger partial charge in [-0.2, -0.15) is 5.10 Å². The van der Waals surface area contributed by atoms with Crippen LogP contribution in [0.5, 0.6) is 0 Å². The molecule has 1 aliphatic rings. The quantitative estimate of drug-likeness (QED) is 0.914. The average molecular weight is 286 g/mol. The van der Waals surface area contributed by atoms with E-state index in [2.05, 4.69) is 15.3 Å². The van der Waals surface area contributed by atoms with Crippen molar-refractivity contribution >= 4 is 5.91 Å². The van der Waals surface area contributed by atoms with Gasteiger partial charge in [0.25, 0.3) is 12.3 Å². The molecule has 2 rings (SSSR count). The summed E-state index contributed by atoms with van der Waals surface area (Å²) in [5.41, 5.74) is -0.196. The zero-order valence-electron chi connectivity index (χ0n) is 11.9. The van der Waals surface area contributed by atoms with Gasteiger partial charge in [0.05, 0.1) is 0 Å². The van der Waals surface area contributed by atoms with Crippen LogP contribution in [0.1, 0.15) is 41.9 Å². The van der Waals surface area contributed by atoms with Crippen LogP contribution >= 0.6 is 0 Å². The summed E-state index contributed by atoms with van der Waals surface area (Å²) < 4.78 is 26.4. The molecular weight excluding hydrogens is 266 g/mol. The van der Waals surface area contributed by atoms with E-state index in [1.54, 1.807) is 0 Å². The van der Waals surface area contributed by atoms with Gasteiger partial charge in [0.2, 0.25) is 0 Å². The Morgan fingerprint density at radius 3 is 2.75 bits per heavy atom. The molecule has 2 atom stereocenters. The number of carbonyl (C=O) groups is 1. The van der Waals surface area contributed by atoms with Gasteiger partial charge in [-0.15, -0.1) is 0 Å². The molecule has 5 nitrogen and oxygen atoms in total. The van der Waals surface area contributed by atoms with Gasteiger partial charge >= 0.3 is 0 Å². The van der Waals surface area contributed by atoms with Crippen LogP contribution in [-0.4, -0.2) is 46.8 Å². The van der Waals surface area contributed by atoms with Gasteiger partial charge in [-0.3, -0.25) is 9.48 Å². The third-order valence-corrected chi connectivity index (χ3v) is 3.83. The van der Waals surface area contributed by atoms with Crippen molar-refractivity contribution in [2.24, 2.45) is 7.05 Å². The van der Waals surface area contributed by atoms with Gasteiger partial charge in [0.1, 0.15) is 5.69 Å². The summed E-state index contributed by atoms with van der Waals surface area (Å²) >= 11 is 0. The lowest BCUT2D eigenvalue weighted by Crippen LogP contribution is -2.46. The maximum absolute atomic E-state index is 12.7. The highest BCUT2D eigenvalue weighted by Crippen LogP contribution is 2.23. The fourth-order valence-corrected chi connectivity index (χ4v) is 2.77. The van der Waals surface area contributed by atoms with Crippen LogP contribution in [0.2, 0.25) is 0 Å². The van der Waals surface area contributed by atoms with E-state index in [1.807, 2.05) is 14.1 Å². The highest BCUT2D eigenvalue weighted by atomic mass is 19.3. The van der Waals surface area contributed by atoms with Crippen molar-refractivity contribution in [3.05, 3.63) is 17.5 Å². The lowest BCUT2D eigenvalue weighted by molar-refractivity contribution is 0.0913. The van der Waals surface area contributed by atoms with Crippen molar-refractivity contribution in [2.45, 2.75) is 37.8 Å². The molecule has 1 aliphatic carbocycles. The van der Waals surface area contributed by atoms with E-state index in [9.17, 15) is 13.6 Å². The van der Waals surface area contributed by atoms with E-state index in [4.69, 9.17) is 0 Å². The van der Waals surface area contributed by atoms with Crippen molar-refractivity contribution in [2.75, 3.05) is 14.1 Å². The van der Waals surface area contributed by atoms with Crippen molar-refractivity contribution in [3.63, 3.8) is 0 Å². The molecule has 0 unspecified atom stereocenters. The fourth-order valence-electron chi connectivity index (χ4n) is 2.77. The van der Waals surface area contributed by atoms with Gasteiger partial charge in [-0.05, 0) is 39.4 Å². The molecule has 0 spiro atoms. The molecule has 1 aromatic rings. The van der Waals surface area contributed by atoms with E-state index in [0.29, 0.717) is 0 Å². The molecule has 1 amide bonds. The standard InChI is InChI=1S/C13H20F2N4O/c1-18(2)10-6-4-5-8(10)16-13(20)9-7-11(12(14)15)19(3)17-9/h7-8,10,12H,4-6H2,1-3H3,(H,16,20)/t8-,10-/m1/s1. The lowest BCUT2D eigenvalue weighted by Gasteiger charge is -2.26. The number of alkyl halides is 2. The van der Waals surface area contributed by atoms with Crippen molar-refractivity contribution in [1.82, 2.24) is 20.0 Å². The minimum Gasteiger partial charge on any atom is -0.346 e. The molecule has 1 N–H and O–H groups in total. The second-order valence-corrected chi connectivity index (χ2v) is 5.42. The first-order valence-electron chi connectivity index (χ1n) is 6.69. The summed E-state index contributed by atoms with van der Waals surface area (Å²) in [5.74, 6) is -0.383. The molecule has 0 radical (unpaired) electrons. The third kappa shape index (κ3) is 2.98. The summed E-state index contributed by atoms with van der Waals surface area (Å²) in [6.45, 7) is 0. The number of nitrogens with zero attached hydrogens (tertiary/aromatic N) is 3. The highest BCUT2D eigenvalue weighted by Gasteiger charge is 2.31. The van der Waals surface area contributed by atoms with E-state index < -0.39 is 6.43 Å². The van der Waals surface area contributed by atoms with Crippen LogP contribution in [0.4, 0.5) is 8.78 Å². The second-order valence-electron chi connectivity index (χ2n) is 5.42. The Kier molecular flexibility index (Phi) is 4.37. The summed E-state index contributed by atoms with van der Waals surface area (Å²) in [7, 11) is 5.37. The zero-order chi connectivity index (χ0) is 14.9. The maximum atomic E-state index is 12.7. The van der Waals surface area contributed by atoms with Crippen molar-refractivity contribution in [1.29, 1.82) is 0 Å². The van der Waals surface area contributed by atoms with Gasteiger partial charge in [-0.1, -0.05) is 0 Å². The molecule has 1 saturated carbocycles. The van der Waals surface area contributed by atoms with E-state index in [0.717, 1.165) is 30.0 Å². The van der Waals surface area contributed by atoms with Crippen LogP contribution in [-0.2, 0) is 7.05 Å². The highest BCUT2D eigenvalue weighted by molar-refractivity contribution is 5.92. The average Bonchev–Trinajstić information content (AvgIpc) is 2.95. The molecule has 0 bridgehead atoms. The Morgan fingerprint density at radius 1 is 1.50 bits per heavy atom. The molecule has 0 saturated heterocycles. The van der Waals surface area contributed by atoms with Crippen LogP contribution in [0, 0.1) is 0 Å². The van der Waals surface area contributed by atoms with Gasteiger partial charge in [-0.25, -0.2) is 8.78 Å². The Morgan fingerprint density at radius 2 is 2.20 bits per heavy atom. The molecule has 1 aromatic heterocycles. The Hall–Kier alpha value is -1.50. The Labute approximate surface area is 116 Å². The minimum absolute atomic E-state index is 0.0483. The molecule has 0 aliphatic heterocycles. The molecule has 7 heteroatoms. The number of nitrogens with one attached hydrogen (secondary N) is 1. The van der Waals surface area contributed by atoms with Crippen molar-refractivity contribution < 1.29 is 13.6 Å². The molecule has 112 valence electrons. The molecule has 1 heterocycles. The molecule has 0 aromatic carbocycles. The predicted octanol–water partition coefficient (Wildman–Crippen LogP) is 1.57. The van der Waals surface area contributed by atoms with Gasteiger partial charge in [0.15, 0.2) is 5.69 Å². The monoisotopic (exact) mass is 286 g/mol. The number of aromatic nitrogens is 2. The normalized spacial score (nSPS) is 22.8. The first kappa shape index (κ1) is 14.9. The van der Waals surface area contributed by atoms with E-state index in [1.165, 1.54) is 7.05 Å². The molecule has 20 heavy (non-hydrogen) atoms. The number of halogens is 2. The molecular formula is C13H20F2N4O. The van der Waals surface area contributed by atoms with Crippen molar-refractivity contribution in [3.8, 4) is 0 Å².